The zero-order valence-corrected chi connectivity index (χ0v) is 11.2. The summed E-state index contributed by atoms with van der Waals surface area (Å²) in [5, 5.41) is 12.2. The molecule has 0 fully saturated rings. The van der Waals surface area contributed by atoms with Gasteiger partial charge in [0.1, 0.15) is 0 Å². The first-order chi connectivity index (χ1) is 8.58. The Labute approximate surface area is 113 Å². The second-order valence-corrected chi connectivity index (χ2v) is 4.67. The van der Waals surface area contributed by atoms with Crippen molar-refractivity contribution >= 4 is 33.3 Å². The molecule has 0 spiro atoms. The molecule has 0 saturated carbocycles. The molecule has 1 aromatic heterocycles. The lowest BCUT2D eigenvalue weighted by atomic mass is 10.2. The van der Waals surface area contributed by atoms with Crippen LogP contribution in [-0.4, -0.2) is 16.1 Å². The third kappa shape index (κ3) is 2.68. The van der Waals surface area contributed by atoms with Gasteiger partial charge in [-0.2, -0.15) is 0 Å². The number of carbonyl (C=O) groups is 1. The third-order valence-electron chi connectivity index (χ3n) is 2.50. The molecule has 2 aromatic rings. The van der Waals surface area contributed by atoms with Crippen LogP contribution >= 0.6 is 15.9 Å². The first-order valence-corrected chi connectivity index (χ1v) is 6.07. The fourth-order valence-electron chi connectivity index (χ4n) is 1.54. The quantitative estimate of drug-likeness (QED) is 0.909. The largest absolute Gasteiger partial charge is 0.478 e. The molecule has 1 aromatic carbocycles. The van der Waals surface area contributed by atoms with E-state index in [0.717, 1.165) is 16.9 Å². The van der Waals surface area contributed by atoms with Gasteiger partial charge in [-0.1, -0.05) is 0 Å². The summed E-state index contributed by atoms with van der Waals surface area (Å²) in [6.45, 7) is 1.94. The van der Waals surface area contributed by atoms with Gasteiger partial charge in [0.25, 0.3) is 0 Å². The van der Waals surface area contributed by atoms with Crippen molar-refractivity contribution in [3.8, 4) is 0 Å². The molecule has 4 nitrogen and oxygen atoms in total. The Morgan fingerprint density at radius 2 is 2.17 bits per heavy atom. The van der Waals surface area contributed by atoms with Gasteiger partial charge in [-0.05, 0) is 52.7 Å². The number of hydrogen-bond acceptors (Lipinski definition) is 3. The summed E-state index contributed by atoms with van der Waals surface area (Å²) in [7, 11) is 0. The van der Waals surface area contributed by atoms with E-state index in [9.17, 15) is 4.79 Å². The average molecular weight is 307 g/mol. The number of hydrogen-bond donors (Lipinski definition) is 2. The highest BCUT2D eigenvalue weighted by atomic mass is 79.9. The molecule has 0 saturated heterocycles. The van der Waals surface area contributed by atoms with E-state index < -0.39 is 5.97 Å². The summed E-state index contributed by atoms with van der Waals surface area (Å²) in [6, 6.07) is 6.96. The van der Waals surface area contributed by atoms with Gasteiger partial charge in [0, 0.05) is 28.2 Å². The van der Waals surface area contributed by atoms with E-state index in [4.69, 9.17) is 5.11 Å². The number of nitrogens with one attached hydrogen (secondary N) is 1. The van der Waals surface area contributed by atoms with Crippen molar-refractivity contribution in [1.29, 1.82) is 0 Å². The number of nitrogens with zero attached hydrogens (tertiary/aromatic N) is 1. The van der Waals surface area contributed by atoms with Crippen LogP contribution in [0.3, 0.4) is 0 Å². The van der Waals surface area contributed by atoms with Crippen LogP contribution in [0.15, 0.2) is 41.1 Å². The van der Waals surface area contributed by atoms with Crippen molar-refractivity contribution in [3.63, 3.8) is 0 Å². The second kappa shape index (κ2) is 5.18. The fraction of sp³-hybridized carbons (Fsp3) is 0.0769. The van der Waals surface area contributed by atoms with E-state index in [1.807, 2.05) is 19.1 Å². The Bertz CT molecular complexity index is 599. The number of aryl methyl sites for hydroxylation is 1. The summed E-state index contributed by atoms with van der Waals surface area (Å²) in [4.78, 5) is 15.0. The van der Waals surface area contributed by atoms with Crippen LogP contribution in [-0.2, 0) is 0 Å². The summed E-state index contributed by atoms with van der Waals surface area (Å²) in [5.41, 5.74) is 2.86. The molecule has 0 atom stereocenters. The molecule has 1 heterocycles. The lowest BCUT2D eigenvalue weighted by Crippen LogP contribution is -2.00. The minimum absolute atomic E-state index is 0.228. The van der Waals surface area contributed by atoms with Crippen molar-refractivity contribution in [3.05, 3.63) is 52.3 Å². The molecular weight excluding hydrogens is 296 g/mol. The number of rotatable bonds is 3. The molecule has 0 radical (unpaired) electrons. The van der Waals surface area contributed by atoms with E-state index in [2.05, 4.69) is 26.2 Å². The molecule has 2 N–H and O–H groups in total. The van der Waals surface area contributed by atoms with Crippen molar-refractivity contribution in [1.82, 2.24) is 4.98 Å². The predicted molar refractivity (Wildman–Crippen MR) is 73.4 cm³/mol. The van der Waals surface area contributed by atoms with Crippen LogP contribution in [0.4, 0.5) is 11.4 Å². The molecule has 92 valence electrons. The SMILES string of the molecule is Cc1cnccc1Nc1ccc(Br)c(C(=O)O)c1. The first-order valence-electron chi connectivity index (χ1n) is 5.28. The molecule has 18 heavy (non-hydrogen) atoms. The summed E-state index contributed by atoms with van der Waals surface area (Å²) in [6.07, 6.45) is 3.44. The molecular formula is C13H11BrN2O2. The topological polar surface area (TPSA) is 62.2 Å². The van der Waals surface area contributed by atoms with Crippen molar-refractivity contribution < 1.29 is 9.90 Å². The van der Waals surface area contributed by atoms with Crippen LogP contribution in [0.2, 0.25) is 0 Å². The van der Waals surface area contributed by atoms with Crippen molar-refractivity contribution in [2.45, 2.75) is 6.92 Å². The maximum absolute atomic E-state index is 11.0. The van der Waals surface area contributed by atoms with Crippen molar-refractivity contribution in [2.24, 2.45) is 0 Å². The molecule has 0 aliphatic carbocycles. The maximum atomic E-state index is 11.0. The summed E-state index contributed by atoms with van der Waals surface area (Å²) >= 11 is 3.21. The van der Waals surface area contributed by atoms with E-state index in [0.29, 0.717) is 4.47 Å². The lowest BCUT2D eigenvalue weighted by Gasteiger charge is -2.10. The molecule has 0 bridgehead atoms. The van der Waals surface area contributed by atoms with Gasteiger partial charge in [0.05, 0.1) is 5.56 Å². The van der Waals surface area contributed by atoms with Gasteiger partial charge >= 0.3 is 5.97 Å². The van der Waals surface area contributed by atoms with E-state index in [1.54, 1.807) is 24.5 Å². The van der Waals surface area contributed by atoms with Gasteiger partial charge in [0.15, 0.2) is 0 Å². The monoisotopic (exact) mass is 306 g/mol. The first kappa shape index (κ1) is 12.6. The van der Waals surface area contributed by atoms with Crippen LogP contribution < -0.4 is 5.32 Å². The Balaban J connectivity index is 2.33. The van der Waals surface area contributed by atoms with Crippen LogP contribution in [0.5, 0.6) is 0 Å². The Kier molecular flexibility index (Phi) is 3.62. The molecule has 0 aliphatic heterocycles. The fourth-order valence-corrected chi connectivity index (χ4v) is 1.95. The van der Waals surface area contributed by atoms with E-state index >= 15 is 0 Å². The highest BCUT2D eigenvalue weighted by Crippen LogP contribution is 2.24. The standard InChI is InChI=1S/C13H11BrN2O2/c1-8-7-15-5-4-12(8)16-9-2-3-11(14)10(6-9)13(17)18/h2-7H,1H3,(H,15,16)(H,17,18). The number of benzene rings is 1. The predicted octanol–water partition coefficient (Wildman–Crippen LogP) is 3.59. The Hall–Kier alpha value is -1.88. The maximum Gasteiger partial charge on any atom is 0.336 e. The molecule has 0 aliphatic rings. The van der Waals surface area contributed by atoms with Gasteiger partial charge in [-0.3, -0.25) is 4.98 Å². The average Bonchev–Trinajstić information content (AvgIpc) is 2.34. The van der Waals surface area contributed by atoms with Gasteiger partial charge in [0.2, 0.25) is 0 Å². The number of carboxylic acid groups (broad SMARTS) is 1. The molecule has 2 rings (SSSR count). The van der Waals surface area contributed by atoms with Gasteiger partial charge in [-0.15, -0.1) is 0 Å². The minimum Gasteiger partial charge on any atom is -0.478 e. The number of anilines is 2. The third-order valence-corrected chi connectivity index (χ3v) is 3.19. The molecule has 0 amide bonds. The Morgan fingerprint density at radius 1 is 1.39 bits per heavy atom. The zero-order valence-electron chi connectivity index (χ0n) is 9.64. The van der Waals surface area contributed by atoms with Crippen molar-refractivity contribution in [2.75, 3.05) is 5.32 Å². The van der Waals surface area contributed by atoms with Gasteiger partial charge < -0.3 is 10.4 Å². The smallest absolute Gasteiger partial charge is 0.336 e. The highest BCUT2D eigenvalue weighted by Gasteiger charge is 2.09. The van der Waals surface area contributed by atoms with Crippen LogP contribution in [0, 0.1) is 6.92 Å². The number of aromatic carboxylic acids is 1. The number of pyridine rings is 1. The van der Waals surface area contributed by atoms with Crippen LogP contribution in [0.1, 0.15) is 15.9 Å². The second-order valence-electron chi connectivity index (χ2n) is 3.82. The van der Waals surface area contributed by atoms with E-state index in [-0.39, 0.29) is 5.56 Å². The Morgan fingerprint density at radius 3 is 2.83 bits per heavy atom. The number of carboxylic acids is 1. The van der Waals surface area contributed by atoms with Crippen LogP contribution in [0.25, 0.3) is 0 Å². The lowest BCUT2D eigenvalue weighted by molar-refractivity contribution is 0.0696. The molecule has 0 unspecified atom stereocenters. The number of halogens is 1. The normalized spacial score (nSPS) is 10.1. The summed E-state index contributed by atoms with van der Waals surface area (Å²) in [5.74, 6) is -0.961. The van der Waals surface area contributed by atoms with E-state index in [1.165, 1.54) is 0 Å². The van der Waals surface area contributed by atoms with Gasteiger partial charge in [-0.25, -0.2) is 4.79 Å². The summed E-state index contributed by atoms with van der Waals surface area (Å²) < 4.78 is 0.562. The highest BCUT2D eigenvalue weighted by molar-refractivity contribution is 9.10. The molecule has 5 heteroatoms. The number of aromatic nitrogens is 1. The minimum atomic E-state index is -0.961. The zero-order chi connectivity index (χ0) is 13.1.